The first-order valence-electron chi connectivity index (χ1n) is 12.5. The highest BCUT2D eigenvalue weighted by molar-refractivity contribution is 5.36. The molecule has 3 saturated carbocycles. The van der Waals surface area contributed by atoms with E-state index in [1.807, 2.05) is 0 Å². The highest BCUT2D eigenvalue weighted by Gasteiger charge is 2.50. The van der Waals surface area contributed by atoms with Gasteiger partial charge in [-0.25, -0.2) is 0 Å². The van der Waals surface area contributed by atoms with E-state index < -0.39 is 0 Å². The third-order valence-corrected chi connectivity index (χ3v) is 9.13. The van der Waals surface area contributed by atoms with E-state index in [-0.39, 0.29) is 13.5 Å². The first-order chi connectivity index (χ1) is 13.7. The van der Waals surface area contributed by atoms with Crippen LogP contribution in [0.3, 0.4) is 0 Å². The standard InChI is InChI=1S/C28H46O.CH4/c1-19(2)20(3)9-10-22(5)26-15-16-27-23(8-7-17-28(26,27)6)12-13-24-18-25(29)14-11-21(24)4;/h12-13,19-20,22,25-27,29H,4,7-11,14-18H2,1-3,5-6H3;1H4/b23-12+,24-13-;/t20?,22-,25+,26-,27+,28-;/m1./s1. The van der Waals surface area contributed by atoms with Gasteiger partial charge in [0.15, 0.2) is 0 Å². The van der Waals surface area contributed by atoms with Gasteiger partial charge in [0, 0.05) is 0 Å². The van der Waals surface area contributed by atoms with Crippen molar-refractivity contribution in [3.05, 3.63) is 35.5 Å². The van der Waals surface area contributed by atoms with E-state index in [4.69, 9.17) is 0 Å². The molecule has 0 aromatic rings. The number of allylic oxidation sites excluding steroid dienone is 4. The molecule has 0 saturated heterocycles. The van der Waals surface area contributed by atoms with Crippen LogP contribution in [0.1, 0.15) is 106 Å². The van der Waals surface area contributed by atoms with Crippen LogP contribution in [0.4, 0.5) is 0 Å². The molecule has 1 unspecified atom stereocenters. The first kappa shape index (κ1) is 25.4. The largest absolute Gasteiger partial charge is 0.393 e. The molecule has 0 radical (unpaired) electrons. The highest BCUT2D eigenvalue weighted by atomic mass is 16.3. The number of rotatable bonds is 6. The lowest BCUT2D eigenvalue weighted by molar-refractivity contribution is 0.0907. The smallest absolute Gasteiger partial charge is 0.0583 e. The second-order valence-corrected chi connectivity index (χ2v) is 11.3. The number of aliphatic hydroxyl groups is 1. The average molecular weight is 415 g/mol. The molecule has 3 fully saturated rings. The molecule has 1 N–H and O–H groups in total. The van der Waals surface area contributed by atoms with Crippen LogP contribution in [0.2, 0.25) is 0 Å². The van der Waals surface area contributed by atoms with Crippen molar-refractivity contribution in [3.8, 4) is 0 Å². The normalized spacial score (nSPS) is 36.6. The van der Waals surface area contributed by atoms with Crippen molar-refractivity contribution in [2.45, 2.75) is 112 Å². The van der Waals surface area contributed by atoms with Crippen LogP contribution in [0, 0.1) is 35.0 Å². The van der Waals surface area contributed by atoms with Crippen molar-refractivity contribution in [2.24, 2.45) is 35.0 Å². The molecule has 3 aliphatic carbocycles. The summed E-state index contributed by atoms with van der Waals surface area (Å²) in [5, 5.41) is 10.0. The summed E-state index contributed by atoms with van der Waals surface area (Å²) in [6.07, 6.45) is 16.8. The summed E-state index contributed by atoms with van der Waals surface area (Å²) in [5.74, 6) is 4.14. The van der Waals surface area contributed by atoms with E-state index in [0.717, 1.165) is 48.9 Å². The average Bonchev–Trinajstić information content (AvgIpc) is 3.04. The highest BCUT2D eigenvalue weighted by Crippen LogP contribution is 2.60. The van der Waals surface area contributed by atoms with Gasteiger partial charge < -0.3 is 5.11 Å². The molecule has 0 amide bonds. The Morgan fingerprint density at radius 1 is 1.07 bits per heavy atom. The van der Waals surface area contributed by atoms with Gasteiger partial charge in [0.2, 0.25) is 0 Å². The van der Waals surface area contributed by atoms with Crippen molar-refractivity contribution in [3.63, 3.8) is 0 Å². The number of fused-ring (bicyclic) bond motifs is 1. The van der Waals surface area contributed by atoms with Crippen molar-refractivity contribution in [1.29, 1.82) is 0 Å². The molecule has 1 nitrogen and oxygen atoms in total. The van der Waals surface area contributed by atoms with Gasteiger partial charge in [-0.3, -0.25) is 0 Å². The Hall–Kier alpha value is -0.820. The molecule has 0 heterocycles. The van der Waals surface area contributed by atoms with Gasteiger partial charge in [0.05, 0.1) is 6.10 Å². The molecule has 30 heavy (non-hydrogen) atoms. The molecule has 3 aliphatic rings. The lowest BCUT2D eigenvalue weighted by Gasteiger charge is -2.44. The fraction of sp³-hybridized carbons (Fsp3) is 0.793. The number of hydrogen-bond acceptors (Lipinski definition) is 1. The molecular weight excluding hydrogens is 364 g/mol. The van der Waals surface area contributed by atoms with E-state index in [2.05, 4.69) is 53.3 Å². The molecule has 0 aliphatic heterocycles. The van der Waals surface area contributed by atoms with Gasteiger partial charge in [-0.05, 0) is 91.9 Å². The minimum atomic E-state index is -0.174. The Labute approximate surface area is 188 Å². The van der Waals surface area contributed by atoms with Crippen LogP contribution in [-0.4, -0.2) is 11.2 Å². The Morgan fingerprint density at radius 3 is 2.50 bits per heavy atom. The van der Waals surface area contributed by atoms with E-state index in [9.17, 15) is 5.11 Å². The van der Waals surface area contributed by atoms with Crippen LogP contribution in [0.15, 0.2) is 35.5 Å². The molecule has 0 spiro atoms. The van der Waals surface area contributed by atoms with Gasteiger partial charge in [0.25, 0.3) is 0 Å². The minimum absolute atomic E-state index is 0. The topological polar surface area (TPSA) is 20.2 Å². The predicted molar refractivity (Wildman–Crippen MR) is 132 cm³/mol. The molecule has 172 valence electrons. The Balaban J connectivity index is 0.00000320. The molecule has 1 heteroatoms. The van der Waals surface area contributed by atoms with Crippen LogP contribution >= 0.6 is 0 Å². The van der Waals surface area contributed by atoms with Crippen LogP contribution in [0.25, 0.3) is 0 Å². The second-order valence-electron chi connectivity index (χ2n) is 11.3. The fourth-order valence-electron chi connectivity index (χ4n) is 6.67. The maximum Gasteiger partial charge on any atom is 0.0583 e. The van der Waals surface area contributed by atoms with Gasteiger partial charge >= 0.3 is 0 Å². The predicted octanol–water partition coefficient (Wildman–Crippen LogP) is 8.50. The zero-order valence-corrected chi connectivity index (χ0v) is 19.8. The monoisotopic (exact) mass is 414 g/mol. The van der Waals surface area contributed by atoms with E-state index in [0.29, 0.717) is 5.41 Å². The van der Waals surface area contributed by atoms with Crippen LogP contribution in [-0.2, 0) is 0 Å². The molecule has 6 atom stereocenters. The summed E-state index contributed by atoms with van der Waals surface area (Å²) in [5.41, 5.74) is 4.70. The Morgan fingerprint density at radius 2 is 1.80 bits per heavy atom. The summed E-state index contributed by atoms with van der Waals surface area (Å²) in [7, 11) is 0. The summed E-state index contributed by atoms with van der Waals surface area (Å²) in [6.45, 7) is 16.6. The second kappa shape index (κ2) is 10.7. The molecule has 0 aromatic carbocycles. The number of aliphatic hydroxyl groups excluding tert-OH is 1. The van der Waals surface area contributed by atoms with Crippen molar-refractivity contribution in [1.82, 2.24) is 0 Å². The zero-order valence-electron chi connectivity index (χ0n) is 19.8. The third kappa shape index (κ3) is 5.50. The fourth-order valence-corrected chi connectivity index (χ4v) is 6.67. The quantitative estimate of drug-likeness (QED) is 0.462. The molecular formula is C29H50O. The number of hydrogen-bond donors (Lipinski definition) is 1. The molecule has 3 rings (SSSR count). The lowest BCUT2D eigenvalue weighted by Crippen LogP contribution is -2.36. The summed E-state index contributed by atoms with van der Waals surface area (Å²) >= 11 is 0. The summed E-state index contributed by atoms with van der Waals surface area (Å²) in [6, 6.07) is 0. The lowest BCUT2D eigenvalue weighted by atomic mass is 9.60. The van der Waals surface area contributed by atoms with Crippen LogP contribution < -0.4 is 0 Å². The Kier molecular flexibility index (Phi) is 9.04. The summed E-state index contributed by atoms with van der Waals surface area (Å²) in [4.78, 5) is 0. The van der Waals surface area contributed by atoms with Crippen LogP contribution in [0.5, 0.6) is 0 Å². The van der Waals surface area contributed by atoms with Crippen molar-refractivity contribution in [2.75, 3.05) is 0 Å². The van der Waals surface area contributed by atoms with E-state index >= 15 is 0 Å². The molecule has 0 bridgehead atoms. The SMILES string of the molecule is C.C=C1CC[C@H](O)C/C1=C/C=C1\CCC[C@]2(C)[C@@H]([C@H](C)CCC(C)C(C)C)CC[C@@H]12. The molecule has 0 aromatic heterocycles. The van der Waals surface area contributed by atoms with Gasteiger partial charge in [-0.15, -0.1) is 0 Å². The Bertz CT molecular complexity index is 639. The zero-order chi connectivity index (χ0) is 21.2. The first-order valence-corrected chi connectivity index (χ1v) is 12.5. The van der Waals surface area contributed by atoms with E-state index in [1.165, 1.54) is 56.1 Å². The third-order valence-electron chi connectivity index (χ3n) is 9.13. The summed E-state index contributed by atoms with van der Waals surface area (Å²) < 4.78 is 0. The van der Waals surface area contributed by atoms with E-state index in [1.54, 1.807) is 5.57 Å². The van der Waals surface area contributed by atoms with Crippen molar-refractivity contribution >= 4 is 0 Å². The van der Waals surface area contributed by atoms with Gasteiger partial charge in [-0.2, -0.15) is 0 Å². The van der Waals surface area contributed by atoms with Gasteiger partial charge in [0.1, 0.15) is 0 Å². The van der Waals surface area contributed by atoms with Crippen molar-refractivity contribution < 1.29 is 5.11 Å². The minimum Gasteiger partial charge on any atom is -0.393 e. The maximum atomic E-state index is 10.0. The maximum absolute atomic E-state index is 10.0. The van der Waals surface area contributed by atoms with Gasteiger partial charge in [-0.1, -0.05) is 84.8 Å².